The van der Waals surface area contributed by atoms with Gasteiger partial charge in [0, 0.05) is 4.91 Å². The van der Waals surface area contributed by atoms with Gasteiger partial charge in [-0.3, -0.25) is 0 Å². The van der Waals surface area contributed by atoms with Crippen molar-refractivity contribution < 1.29 is 14.6 Å². The lowest BCUT2D eigenvalue weighted by molar-refractivity contribution is -0.203. The predicted molar refractivity (Wildman–Crippen MR) is 44.9 cm³/mol. The predicted octanol–water partition coefficient (Wildman–Crippen LogP) is 0.809. The molecule has 1 aliphatic heterocycles. The first-order chi connectivity index (χ1) is 6.05. The Bertz CT molecular complexity index is 225. The van der Waals surface area contributed by atoms with E-state index in [0.29, 0.717) is 0 Å². The molecule has 1 aliphatic rings. The fourth-order valence-electron chi connectivity index (χ4n) is 1.01. The first kappa shape index (κ1) is 10.3. The van der Waals surface area contributed by atoms with Gasteiger partial charge < -0.3 is 14.6 Å². The summed E-state index contributed by atoms with van der Waals surface area (Å²) in [7, 11) is 0. The summed E-state index contributed by atoms with van der Waals surface area (Å²) in [5.41, 5.74) is 8.21. The molecule has 6 heteroatoms. The number of hydrogen-bond acceptors (Lipinski definition) is 4. The Labute approximate surface area is 76.1 Å². The van der Waals surface area contributed by atoms with Crippen LogP contribution in [0.15, 0.2) is 5.11 Å². The van der Waals surface area contributed by atoms with Gasteiger partial charge in [0.1, 0.15) is 0 Å². The van der Waals surface area contributed by atoms with Gasteiger partial charge in [0.05, 0.1) is 25.4 Å². The first-order valence-corrected chi connectivity index (χ1v) is 4.05. The van der Waals surface area contributed by atoms with Crippen molar-refractivity contribution in [1.29, 1.82) is 0 Å². The summed E-state index contributed by atoms with van der Waals surface area (Å²) in [6.45, 7) is 3.80. The zero-order valence-corrected chi connectivity index (χ0v) is 7.67. The van der Waals surface area contributed by atoms with Crippen LogP contribution in [0.4, 0.5) is 0 Å². The van der Waals surface area contributed by atoms with E-state index in [0.717, 1.165) is 0 Å². The third-order valence-electron chi connectivity index (χ3n) is 1.85. The number of aliphatic hydroxyl groups is 1. The molecule has 0 aromatic rings. The van der Waals surface area contributed by atoms with E-state index in [1.54, 1.807) is 13.8 Å². The number of ether oxygens (including phenoxy) is 2. The smallest absolute Gasteiger partial charge is 0.162 e. The zero-order valence-electron chi connectivity index (χ0n) is 7.67. The van der Waals surface area contributed by atoms with Crippen molar-refractivity contribution >= 4 is 0 Å². The maximum absolute atomic E-state index is 9.44. The third-order valence-corrected chi connectivity index (χ3v) is 1.85. The van der Waals surface area contributed by atoms with Crippen molar-refractivity contribution in [2.75, 3.05) is 13.2 Å². The second-order valence-electron chi connectivity index (χ2n) is 3.36. The monoisotopic (exact) mass is 187 g/mol. The molecule has 1 saturated heterocycles. The highest BCUT2D eigenvalue weighted by atomic mass is 16.7. The molecule has 2 atom stereocenters. The standard InChI is InChI=1S/C7H13N3O3/c1-7(2)12-3-5(9-10-8)6(11)4-13-7/h5-6,11H,3-4H2,1-2H3/t5-,6-/m1/s1. The quantitative estimate of drug-likeness (QED) is 0.374. The van der Waals surface area contributed by atoms with E-state index in [4.69, 9.17) is 15.0 Å². The molecule has 1 N–H and O–H groups in total. The van der Waals surface area contributed by atoms with Gasteiger partial charge in [-0.1, -0.05) is 5.11 Å². The van der Waals surface area contributed by atoms with Crippen LogP contribution in [0.3, 0.4) is 0 Å². The van der Waals surface area contributed by atoms with Gasteiger partial charge in [-0.05, 0) is 19.4 Å². The Morgan fingerprint density at radius 3 is 2.69 bits per heavy atom. The van der Waals surface area contributed by atoms with Crippen LogP contribution >= 0.6 is 0 Å². The average Bonchev–Trinajstić information content (AvgIpc) is 2.18. The number of azide groups is 1. The number of aliphatic hydroxyl groups excluding tert-OH is 1. The second-order valence-corrected chi connectivity index (χ2v) is 3.36. The lowest BCUT2D eigenvalue weighted by Crippen LogP contribution is -2.29. The largest absolute Gasteiger partial charge is 0.390 e. The van der Waals surface area contributed by atoms with E-state index in [2.05, 4.69) is 10.0 Å². The van der Waals surface area contributed by atoms with E-state index < -0.39 is 17.9 Å². The molecule has 74 valence electrons. The zero-order chi connectivity index (χ0) is 9.90. The van der Waals surface area contributed by atoms with Crippen LogP contribution in [0, 0.1) is 0 Å². The molecule has 0 saturated carbocycles. The van der Waals surface area contributed by atoms with Crippen molar-refractivity contribution in [2.24, 2.45) is 5.11 Å². The van der Waals surface area contributed by atoms with Gasteiger partial charge in [0.15, 0.2) is 5.79 Å². The van der Waals surface area contributed by atoms with Gasteiger partial charge in [-0.25, -0.2) is 0 Å². The minimum Gasteiger partial charge on any atom is -0.390 e. The minimum absolute atomic E-state index is 0.122. The number of nitrogens with zero attached hydrogens (tertiary/aromatic N) is 3. The van der Waals surface area contributed by atoms with Gasteiger partial charge in [-0.2, -0.15) is 0 Å². The van der Waals surface area contributed by atoms with Crippen molar-refractivity contribution in [2.45, 2.75) is 31.8 Å². The fourth-order valence-corrected chi connectivity index (χ4v) is 1.01. The molecule has 0 spiro atoms. The summed E-state index contributed by atoms with van der Waals surface area (Å²) >= 11 is 0. The van der Waals surface area contributed by atoms with Crippen LogP contribution in [0.1, 0.15) is 13.8 Å². The lowest BCUT2D eigenvalue weighted by Gasteiger charge is -2.22. The van der Waals surface area contributed by atoms with E-state index in [9.17, 15) is 5.11 Å². The maximum atomic E-state index is 9.44. The van der Waals surface area contributed by atoms with Crippen LogP contribution in [0.5, 0.6) is 0 Å². The summed E-state index contributed by atoms with van der Waals surface area (Å²) in [6, 6.07) is -0.563. The van der Waals surface area contributed by atoms with Crippen molar-refractivity contribution in [3.8, 4) is 0 Å². The van der Waals surface area contributed by atoms with Crippen LogP contribution in [0.25, 0.3) is 10.4 Å². The summed E-state index contributed by atoms with van der Waals surface area (Å²) in [6.07, 6.45) is -0.794. The van der Waals surface area contributed by atoms with E-state index in [1.807, 2.05) is 0 Å². The molecule has 1 heterocycles. The van der Waals surface area contributed by atoms with Gasteiger partial charge in [0.25, 0.3) is 0 Å². The third kappa shape index (κ3) is 2.86. The first-order valence-electron chi connectivity index (χ1n) is 4.05. The molecule has 1 rings (SSSR count). The molecule has 0 amide bonds. The summed E-state index contributed by atoms with van der Waals surface area (Å²) < 4.78 is 10.5. The van der Waals surface area contributed by atoms with Crippen molar-refractivity contribution in [3.05, 3.63) is 10.4 Å². The fraction of sp³-hybridized carbons (Fsp3) is 1.00. The van der Waals surface area contributed by atoms with Crippen molar-refractivity contribution in [3.63, 3.8) is 0 Å². The molecule has 0 aromatic heterocycles. The van der Waals surface area contributed by atoms with E-state index in [1.165, 1.54) is 0 Å². The highest BCUT2D eigenvalue weighted by Gasteiger charge is 2.30. The van der Waals surface area contributed by atoms with Crippen LogP contribution in [0.2, 0.25) is 0 Å². The lowest BCUT2D eigenvalue weighted by atomic mass is 10.2. The molecule has 0 aliphatic carbocycles. The molecular formula is C7H13N3O3. The Balaban J connectivity index is 2.64. The van der Waals surface area contributed by atoms with Gasteiger partial charge in [0.2, 0.25) is 0 Å². The molecule has 1 fully saturated rings. The van der Waals surface area contributed by atoms with Crippen LogP contribution in [-0.4, -0.2) is 36.3 Å². The second kappa shape index (κ2) is 3.93. The summed E-state index contributed by atoms with van der Waals surface area (Å²) in [5, 5.41) is 12.9. The normalized spacial score (nSPS) is 33.2. The topological polar surface area (TPSA) is 87.5 Å². The number of hydrogen-bond donors (Lipinski definition) is 1. The molecule has 0 unspecified atom stereocenters. The van der Waals surface area contributed by atoms with Crippen molar-refractivity contribution in [1.82, 2.24) is 0 Å². The van der Waals surface area contributed by atoms with E-state index >= 15 is 0 Å². The Morgan fingerprint density at radius 2 is 2.08 bits per heavy atom. The van der Waals surface area contributed by atoms with E-state index in [-0.39, 0.29) is 13.2 Å². The molecule has 13 heavy (non-hydrogen) atoms. The Hall–Kier alpha value is -0.810. The average molecular weight is 187 g/mol. The molecule has 0 radical (unpaired) electrons. The Morgan fingerprint density at radius 1 is 1.46 bits per heavy atom. The minimum atomic E-state index is -0.794. The SMILES string of the molecule is CC1(C)OC[C@@H](O)[C@H](N=[N+]=[N-])CO1. The highest BCUT2D eigenvalue weighted by molar-refractivity contribution is 4.79. The summed E-state index contributed by atoms with van der Waals surface area (Å²) in [4.78, 5) is 2.63. The van der Waals surface area contributed by atoms with Gasteiger partial charge >= 0.3 is 0 Å². The van der Waals surface area contributed by atoms with Crippen LogP contribution < -0.4 is 0 Å². The van der Waals surface area contributed by atoms with Gasteiger partial charge in [-0.15, -0.1) is 0 Å². The highest BCUT2D eigenvalue weighted by Crippen LogP contribution is 2.18. The van der Waals surface area contributed by atoms with Crippen LogP contribution in [-0.2, 0) is 9.47 Å². The summed E-state index contributed by atoms with van der Waals surface area (Å²) in [5.74, 6) is -0.722. The molecule has 0 bridgehead atoms. The molecule has 6 nitrogen and oxygen atoms in total. The maximum Gasteiger partial charge on any atom is 0.162 e. The molecule has 0 aromatic carbocycles. The molecular weight excluding hydrogens is 174 g/mol. The number of rotatable bonds is 1. The Kier molecular flexibility index (Phi) is 3.11.